The van der Waals surface area contributed by atoms with E-state index in [1.54, 1.807) is 12.2 Å². The molecule has 0 aromatic heterocycles. The van der Waals surface area contributed by atoms with Crippen molar-refractivity contribution in [1.82, 2.24) is 0 Å². The lowest BCUT2D eigenvalue weighted by Gasteiger charge is -2.08. The van der Waals surface area contributed by atoms with E-state index in [0.29, 0.717) is 0 Å². The van der Waals surface area contributed by atoms with Gasteiger partial charge in [-0.3, -0.25) is 4.55 Å². The molecule has 0 aliphatic carbocycles. The lowest BCUT2D eigenvalue weighted by molar-refractivity contribution is 0.0617. The van der Waals surface area contributed by atoms with Crippen LogP contribution in [-0.2, 0) is 19.6 Å². The van der Waals surface area contributed by atoms with Crippen molar-refractivity contribution in [2.24, 2.45) is 0 Å². The smallest absolute Gasteiger partial charge is 0.343 e. The molecule has 0 saturated heterocycles. The number of hydrogen-bond acceptors (Lipinski definition) is 6. The predicted molar refractivity (Wildman–Crippen MR) is 261 cm³/mol. The van der Waals surface area contributed by atoms with Gasteiger partial charge in [0.05, 0.1) is 28.5 Å². The average Bonchev–Trinajstić information content (AvgIpc) is 3.26. The van der Waals surface area contributed by atoms with E-state index in [1.807, 2.05) is 0 Å². The molecule has 8 heteroatoms. The molecule has 0 unspecified atom stereocenters. The Morgan fingerprint density at radius 3 is 0.952 bits per heavy atom. The second-order valence-corrected chi connectivity index (χ2v) is 19.5. The number of carbonyl (C=O) groups excluding carboxylic acids is 2. The van der Waals surface area contributed by atoms with E-state index in [1.165, 1.54) is 231 Å². The van der Waals surface area contributed by atoms with Gasteiger partial charge in [0.2, 0.25) is 0 Å². The molecule has 358 valence electrons. The zero-order valence-electron chi connectivity index (χ0n) is 40.1. The maximum atomic E-state index is 13.0. The summed E-state index contributed by atoms with van der Waals surface area (Å²) in [6.07, 6.45) is 58.2. The summed E-state index contributed by atoms with van der Waals surface area (Å²) < 4.78 is 43.7. The van der Waals surface area contributed by atoms with Crippen LogP contribution in [0.5, 0.6) is 0 Å². The molecule has 0 atom stereocenters. The molecule has 1 rings (SSSR count). The minimum atomic E-state index is -4.60. The Morgan fingerprint density at radius 1 is 0.419 bits per heavy atom. The van der Waals surface area contributed by atoms with Crippen LogP contribution < -0.4 is 0 Å². The SMILES string of the molecule is CCCCCCCCCCCCCCCCCCCCC/C=C/OC(=O)c1ccc(S(=O)(=O)O)cc1C(=O)O/C=C/CCCCCCCCCCCCCCCCCCCCC. The first-order chi connectivity index (χ1) is 30.3. The van der Waals surface area contributed by atoms with Crippen LogP contribution in [0.4, 0.5) is 0 Å². The van der Waals surface area contributed by atoms with Crippen molar-refractivity contribution >= 4 is 22.1 Å². The second kappa shape index (κ2) is 42.5. The third kappa shape index (κ3) is 35.0. The predicted octanol–water partition coefficient (Wildman–Crippen LogP) is 17.9. The van der Waals surface area contributed by atoms with Crippen molar-refractivity contribution < 1.29 is 32.0 Å². The summed E-state index contributed by atoms with van der Waals surface area (Å²) in [6.45, 7) is 4.55. The van der Waals surface area contributed by atoms with Gasteiger partial charge >= 0.3 is 11.9 Å². The van der Waals surface area contributed by atoms with Gasteiger partial charge in [0.15, 0.2) is 0 Å². The highest BCUT2D eigenvalue weighted by Gasteiger charge is 2.23. The molecule has 1 aromatic carbocycles. The first kappa shape index (κ1) is 57.6. The molecule has 0 aliphatic heterocycles. The van der Waals surface area contributed by atoms with Gasteiger partial charge in [-0.25, -0.2) is 9.59 Å². The molecule has 0 saturated carbocycles. The Labute approximate surface area is 382 Å². The number of allylic oxidation sites excluding steroid dienone is 2. The van der Waals surface area contributed by atoms with Crippen LogP contribution in [-0.4, -0.2) is 24.9 Å². The van der Waals surface area contributed by atoms with E-state index in [4.69, 9.17) is 9.47 Å². The van der Waals surface area contributed by atoms with Crippen LogP contribution >= 0.6 is 0 Å². The van der Waals surface area contributed by atoms with Crippen molar-refractivity contribution in [3.63, 3.8) is 0 Å². The third-order valence-corrected chi connectivity index (χ3v) is 13.1. The van der Waals surface area contributed by atoms with E-state index >= 15 is 0 Å². The van der Waals surface area contributed by atoms with Crippen LogP contribution in [0.3, 0.4) is 0 Å². The highest BCUT2D eigenvalue weighted by molar-refractivity contribution is 7.85. The van der Waals surface area contributed by atoms with Gasteiger partial charge in [-0.05, 0) is 56.0 Å². The summed E-state index contributed by atoms with van der Waals surface area (Å²) in [5.74, 6) is -1.70. The number of esters is 2. The minimum absolute atomic E-state index is 0.136. The largest absolute Gasteiger partial charge is 0.431 e. The molecule has 0 fully saturated rings. The normalized spacial score (nSPS) is 11.9. The molecule has 1 aromatic rings. The Morgan fingerprint density at radius 2 is 0.677 bits per heavy atom. The molecule has 1 N–H and O–H groups in total. The lowest BCUT2D eigenvalue weighted by atomic mass is 10.0. The summed E-state index contributed by atoms with van der Waals surface area (Å²) >= 11 is 0. The molecule has 0 heterocycles. The molecule has 0 radical (unpaired) electrons. The van der Waals surface area contributed by atoms with E-state index in [0.717, 1.165) is 56.7 Å². The van der Waals surface area contributed by atoms with E-state index < -0.39 is 27.0 Å². The lowest BCUT2D eigenvalue weighted by Crippen LogP contribution is -2.13. The Kier molecular flexibility index (Phi) is 39.5. The van der Waals surface area contributed by atoms with Gasteiger partial charge in [0, 0.05) is 0 Å². The number of benzene rings is 1. The maximum Gasteiger partial charge on any atom is 0.343 e. The standard InChI is InChI=1S/C54H94O7S/c1-3-5-7-9-11-13-15-17-19-21-23-25-27-29-31-33-35-37-39-41-43-47-60-53(55)51-46-45-50(62(57,58)59)49-52(51)54(56)61-48-44-42-40-38-36-34-32-30-28-26-24-22-20-18-16-14-12-10-8-6-4-2/h43-49H,3-42H2,1-2H3,(H,57,58,59)/b47-43+,48-44+. The molecule has 0 aliphatic rings. The number of ether oxygens (including phenoxy) is 2. The van der Waals surface area contributed by atoms with Gasteiger partial charge in [-0.15, -0.1) is 0 Å². The highest BCUT2D eigenvalue weighted by Crippen LogP contribution is 2.20. The molecule has 0 bridgehead atoms. The fourth-order valence-corrected chi connectivity index (χ4v) is 8.70. The van der Waals surface area contributed by atoms with Crippen molar-refractivity contribution in [3.05, 3.63) is 54.0 Å². The number of carbonyl (C=O) groups is 2. The molecular formula is C54H94O7S. The number of unbranched alkanes of at least 4 members (excludes halogenated alkanes) is 38. The van der Waals surface area contributed by atoms with Crippen LogP contribution in [0.15, 0.2) is 47.8 Å². The second-order valence-electron chi connectivity index (χ2n) is 18.0. The Balaban J connectivity index is 2.16. The minimum Gasteiger partial charge on any atom is -0.431 e. The fraction of sp³-hybridized carbons (Fsp3) is 0.778. The van der Waals surface area contributed by atoms with Gasteiger partial charge < -0.3 is 9.47 Å². The Hall–Kier alpha value is -2.45. The van der Waals surface area contributed by atoms with E-state index in [9.17, 15) is 22.6 Å². The molecule has 0 spiro atoms. The summed E-state index contributed by atoms with van der Waals surface area (Å²) in [5.41, 5.74) is -0.423. The summed E-state index contributed by atoms with van der Waals surface area (Å²) in [6, 6.07) is 3.18. The molecule has 62 heavy (non-hydrogen) atoms. The van der Waals surface area contributed by atoms with Gasteiger partial charge in [-0.1, -0.05) is 245 Å². The summed E-state index contributed by atoms with van der Waals surface area (Å²) in [4.78, 5) is 25.4. The fourth-order valence-electron chi connectivity index (χ4n) is 8.19. The van der Waals surface area contributed by atoms with E-state index in [-0.39, 0.29) is 11.1 Å². The van der Waals surface area contributed by atoms with Crippen molar-refractivity contribution in [1.29, 1.82) is 0 Å². The monoisotopic (exact) mass is 887 g/mol. The van der Waals surface area contributed by atoms with Crippen molar-refractivity contribution in [2.45, 2.75) is 276 Å². The summed E-state index contributed by atoms with van der Waals surface area (Å²) in [5, 5.41) is 0. The van der Waals surface area contributed by atoms with Crippen molar-refractivity contribution in [3.8, 4) is 0 Å². The van der Waals surface area contributed by atoms with Crippen LogP contribution in [0, 0.1) is 0 Å². The van der Waals surface area contributed by atoms with Gasteiger partial charge in [-0.2, -0.15) is 8.42 Å². The average molecular weight is 887 g/mol. The van der Waals surface area contributed by atoms with Crippen LogP contribution in [0.2, 0.25) is 0 Å². The third-order valence-electron chi connectivity index (χ3n) is 12.2. The molecule has 7 nitrogen and oxygen atoms in total. The molecule has 0 amide bonds. The van der Waals surface area contributed by atoms with Gasteiger partial charge in [0.25, 0.3) is 10.1 Å². The Bertz CT molecular complexity index is 1370. The zero-order valence-corrected chi connectivity index (χ0v) is 40.9. The highest BCUT2D eigenvalue weighted by atomic mass is 32.2. The quantitative estimate of drug-likeness (QED) is 0.0301. The molecular weight excluding hydrogens is 793 g/mol. The zero-order chi connectivity index (χ0) is 45.0. The van der Waals surface area contributed by atoms with Crippen LogP contribution in [0.1, 0.15) is 291 Å². The summed E-state index contributed by atoms with van der Waals surface area (Å²) in [7, 11) is -4.60. The first-order valence-corrected chi connectivity index (χ1v) is 27.6. The van der Waals surface area contributed by atoms with Crippen molar-refractivity contribution in [2.75, 3.05) is 0 Å². The first-order valence-electron chi connectivity index (χ1n) is 26.1. The van der Waals surface area contributed by atoms with Gasteiger partial charge in [0.1, 0.15) is 0 Å². The topological polar surface area (TPSA) is 107 Å². The maximum absolute atomic E-state index is 13.0. The van der Waals surface area contributed by atoms with E-state index in [2.05, 4.69) is 13.8 Å². The number of rotatable bonds is 45. The number of hydrogen-bond donors (Lipinski definition) is 1. The van der Waals surface area contributed by atoms with Crippen LogP contribution in [0.25, 0.3) is 0 Å².